The molecule has 3 rings (SSSR count). The normalized spacial score (nSPS) is 13.6. The molecule has 3 saturated heterocycles. The van der Waals surface area contributed by atoms with Crippen LogP contribution < -0.4 is 43.0 Å². The number of hydrogen-bond acceptors (Lipinski definition) is 13. The molecule has 27 heteroatoms. The van der Waals surface area contributed by atoms with Crippen LogP contribution in [0.2, 0.25) is 0 Å². The largest absolute Gasteiger partial charge is 0.444 e. The molecular weight excluding hydrogens is 926 g/mol. The van der Waals surface area contributed by atoms with Crippen molar-refractivity contribution >= 4 is 98.7 Å². The SMILES string of the molecule is C1CO1.C=C.CC.CC(C)(C)OC(=O)NCCC=O.CC(C)(C)OC(=O)NCCCO.NCCC1NC(=O)NC1=O.[B].[B].[B].[B].[B].[B].[CH2-]C(=O)NCCC1NC(=O)NC1=O.[CH2-]CCCC.[Y]. The summed E-state index contributed by atoms with van der Waals surface area (Å²) in [5.74, 6) is -1.04. The van der Waals surface area contributed by atoms with Gasteiger partial charge in [-0.1, -0.05) is 33.6 Å². The van der Waals surface area contributed by atoms with E-state index in [2.05, 4.69) is 75.9 Å². The molecule has 2 unspecified atom stereocenters. The van der Waals surface area contributed by atoms with Gasteiger partial charge in [0.25, 0.3) is 11.8 Å². The summed E-state index contributed by atoms with van der Waals surface area (Å²) in [6, 6.07) is -1.88. The van der Waals surface area contributed by atoms with Gasteiger partial charge in [-0.05, 0) is 67.3 Å². The summed E-state index contributed by atoms with van der Waals surface area (Å²) < 4.78 is 14.4. The zero-order valence-corrected chi connectivity index (χ0v) is 43.9. The first-order chi connectivity index (χ1) is 27.7. The van der Waals surface area contributed by atoms with Crippen molar-refractivity contribution in [1.82, 2.24) is 37.2 Å². The second kappa shape index (κ2) is 61.5. The average molecular weight is 1000 g/mol. The number of unbranched alkanes of at least 4 members (excludes halogenated alkanes) is 2. The molecule has 66 heavy (non-hydrogen) atoms. The van der Waals surface area contributed by atoms with Crippen LogP contribution in [0, 0.1) is 13.8 Å². The maximum absolute atomic E-state index is 10.9. The Labute approximate surface area is 433 Å². The maximum Gasteiger partial charge on any atom is 0.407 e. The fourth-order valence-electron chi connectivity index (χ4n) is 3.23. The number of aldehydes is 1. The van der Waals surface area contributed by atoms with Gasteiger partial charge in [-0.15, -0.1) is 13.2 Å². The van der Waals surface area contributed by atoms with Crippen molar-refractivity contribution in [1.29, 1.82) is 0 Å². The van der Waals surface area contributed by atoms with Gasteiger partial charge in [0.05, 0.1) is 19.1 Å². The van der Waals surface area contributed by atoms with Gasteiger partial charge in [0.15, 0.2) is 0 Å². The third-order valence-electron chi connectivity index (χ3n) is 5.67. The number of aliphatic hydroxyl groups excluding tert-OH is 1. The number of imide groups is 2. The van der Waals surface area contributed by atoms with Gasteiger partial charge in [-0.2, -0.15) is 6.42 Å². The Morgan fingerprint density at radius 3 is 1.39 bits per heavy atom. The van der Waals surface area contributed by atoms with Gasteiger partial charge >= 0.3 is 24.2 Å². The second-order valence-electron chi connectivity index (χ2n) is 13.5. The summed E-state index contributed by atoms with van der Waals surface area (Å²) in [4.78, 5) is 84.8. The molecule has 2 atom stereocenters. The first-order valence-electron chi connectivity index (χ1n) is 19.5. The van der Waals surface area contributed by atoms with E-state index >= 15 is 0 Å². The zero-order chi connectivity index (χ0) is 46.9. The molecule has 3 aliphatic heterocycles. The number of urea groups is 2. The van der Waals surface area contributed by atoms with E-state index in [4.69, 9.17) is 20.3 Å². The number of carbonyl (C=O) groups is 8. The Kier molecular flexibility index (Phi) is 86.5. The maximum atomic E-state index is 10.9. The molecule has 3 heterocycles. The number of carbonyl (C=O) groups excluding carboxylic acids is 8. The summed E-state index contributed by atoms with van der Waals surface area (Å²) in [5, 5.41) is 24.8. The molecule has 3 aliphatic rings. The van der Waals surface area contributed by atoms with E-state index in [0.717, 1.165) is 25.9 Å². The predicted molar refractivity (Wildman–Crippen MR) is 261 cm³/mol. The van der Waals surface area contributed by atoms with E-state index in [9.17, 15) is 38.4 Å². The Morgan fingerprint density at radius 2 is 1.15 bits per heavy atom. The molecular formula is C39H76B6N8O12Y-2. The van der Waals surface area contributed by atoms with Gasteiger partial charge in [0.1, 0.15) is 29.6 Å². The number of alkyl carbamates (subject to hydrolysis) is 2. The number of hydrogen-bond donors (Lipinski definition) is 9. The Morgan fingerprint density at radius 1 is 0.773 bits per heavy atom. The number of rotatable bonds is 13. The summed E-state index contributed by atoms with van der Waals surface area (Å²) in [6.07, 6.45) is 5.23. The van der Waals surface area contributed by atoms with Crippen LogP contribution >= 0.6 is 0 Å². The van der Waals surface area contributed by atoms with Crippen LogP contribution in [0.4, 0.5) is 19.2 Å². The molecule has 0 bridgehead atoms. The molecule has 9 amide bonds. The molecule has 0 aromatic carbocycles. The topological polar surface area (TPSA) is 298 Å². The fraction of sp³-hybridized carbons (Fsp3) is 0.692. The molecule has 0 saturated carbocycles. The molecule has 20 nitrogen and oxygen atoms in total. The van der Waals surface area contributed by atoms with Gasteiger partial charge in [-0.25, -0.2) is 19.2 Å². The Hall–Kier alpha value is -3.46. The smallest absolute Gasteiger partial charge is 0.407 e. The first kappa shape index (κ1) is 92.7. The van der Waals surface area contributed by atoms with E-state index < -0.39 is 53.4 Å². The Balaban J connectivity index is -0.0000000527. The number of nitrogens with one attached hydrogen (secondary N) is 7. The van der Waals surface area contributed by atoms with Crippen LogP contribution in [0.15, 0.2) is 13.2 Å². The van der Waals surface area contributed by atoms with Crippen LogP contribution in [0.25, 0.3) is 0 Å². The molecule has 367 valence electrons. The molecule has 0 aromatic rings. The van der Waals surface area contributed by atoms with E-state index in [1.807, 2.05) is 13.8 Å². The number of aliphatic hydroxyl groups is 1. The third kappa shape index (κ3) is 77.7. The summed E-state index contributed by atoms with van der Waals surface area (Å²) >= 11 is 0. The van der Waals surface area contributed by atoms with Crippen LogP contribution in [0.3, 0.4) is 0 Å². The molecule has 10 N–H and O–H groups in total. The van der Waals surface area contributed by atoms with Crippen molar-refractivity contribution in [2.24, 2.45) is 5.73 Å². The van der Waals surface area contributed by atoms with Crippen LogP contribution in [-0.4, -0.2) is 173 Å². The van der Waals surface area contributed by atoms with Crippen molar-refractivity contribution in [3.8, 4) is 0 Å². The van der Waals surface area contributed by atoms with E-state index in [1.54, 1.807) is 41.5 Å². The molecule has 0 aliphatic carbocycles. The quantitative estimate of drug-likeness (QED) is 0.0233. The van der Waals surface area contributed by atoms with E-state index in [0.29, 0.717) is 51.9 Å². The van der Waals surface area contributed by atoms with Gasteiger partial charge in [-0.3, -0.25) is 20.2 Å². The molecule has 3 fully saturated rings. The average Bonchev–Trinajstić information content (AvgIpc) is 3.94. The summed E-state index contributed by atoms with van der Waals surface area (Å²) in [7, 11) is 0. The van der Waals surface area contributed by atoms with Crippen molar-refractivity contribution < 1.29 is 90.4 Å². The van der Waals surface area contributed by atoms with Crippen molar-refractivity contribution in [3.05, 3.63) is 27.0 Å². The van der Waals surface area contributed by atoms with Crippen LogP contribution in [-0.2, 0) is 66.1 Å². The minimum atomic E-state index is -0.542. The van der Waals surface area contributed by atoms with Crippen molar-refractivity contribution in [2.45, 2.75) is 131 Å². The first-order valence-corrected chi connectivity index (χ1v) is 19.5. The van der Waals surface area contributed by atoms with Gasteiger partial charge < -0.3 is 75.1 Å². The second-order valence-corrected chi connectivity index (χ2v) is 13.5. The van der Waals surface area contributed by atoms with Gasteiger partial charge in [0.2, 0.25) is 0 Å². The monoisotopic (exact) mass is 1000 g/mol. The summed E-state index contributed by atoms with van der Waals surface area (Å²) in [5.41, 5.74) is 4.25. The number of ether oxygens (including phenoxy) is 3. The predicted octanol–water partition coefficient (Wildman–Crippen LogP) is 0.640. The Bertz CT molecular complexity index is 1190. The van der Waals surface area contributed by atoms with Crippen LogP contribution in [0.1, 0.15) is 107 Å². The van der Waals surface area contributed by atoms with Crippen LogP contribution in [0.5, 0.6) is 0 Å². The summed E-state index contributed by atoms with van der Waals surface area (Å²) in [6.45, 7) is 33.3. The number of amides is 9. The fourth-order valence-corrected chi connectivity index (χ4v) is 3.23. The molecule has 0 aromatic heterocycles. The van der Waals surface area contributed by atoms with E-state index in [-0.39, 0.29) is 102 Å². The zero-order valence-electron chi connectivity index (χ0n) is 41.0. The number of epoxide rings is 1. The third-order valence-corrected chi connectivity index (χ3v) is 5.67. The van der Waals surface area contributed by atoms with Gasteiger partial charge in [0, 0.05) is 116 Å². The van der Waals surface area contributed by atoms with E-state index in [1.165, 1.54) is 12.8 Å². The minimum Gasteiger partial charge on any atom is -0.444 e. The molecule has 19 radical (unpaired) electrons. The van der Waals surface area contributed by atoms with Crippen molar-refractivity contribution in [2.75, 3.05) is 46.0 Å². The molecule has 0 spiro atoms. The standard InChI is InChI=1S/C8H17NO3.C8H15NO3.C7H10N3O3.C5H9N3O2.C5H11.C2H4O.C2H6.C2H4.6B.Y/c2*1-8(2,3)12-7(11)9-5-4-6-10;1-4(11)8-3-2-5-6(12)10-7(13)9-5;6-2-1-3-4(9)8-5(10)7-3;1-3-5-4-2;1-2-3-1;2*1-2;;;;;;;/h10H,4-6H2,1-3H3,(H,9,11);6H,4-5H2,1-3H3,(H,9,11);5H,1-3H2,(H,8,11)(H2,9,10,12,13);3H,1-2,6H2,(H2,7,8,9,10);1,3-5H2,2H3;1-2H2;1-2H3;1-2H2;;;;;;;/q;;-1;;-1;;;;;;;;;;. The van der Waals surface area contributed by atoms with Crippen molar-refractivity contribution in [3.63, 3.8) is 0 Å². The number of nitrogens with two attached hydrogens (primary N) is 1. The minimum absolute atomic E-state index is 0.